The monoisotopic (exact) mass is 380 g/mol. The summed E-state index contributed by atoms with van der Waals surface area (Å²) in [6, 6.07) is 0. The molecule has 0 aliphatic heterocycles. The molecule has 0 saturated heterocycles. The molecule has 0 atom stereocenters. The Morgan fingerprint density at radius 3 is 2.26 bits per heavy atom. The molecule has 0 spiro atoms. The summed E-state index contributed by atoms with van der Waals surface area (Å²) in [6.45, 7) is 15.8. The average molecular weight is 381 g/mol. The topological polar surface area (TPSA) is 33.6 Å². The maximum absolute atomic E-state index is 12.6. The van der Waals surface area contributed by atoms with Gasteiger partial charge in [0, 0.05) is 30.4 Å². The SMILES string of the molecule is C=C(NCC)C(/C=C(\C=C/CC)C(=NC)C(C)=C(C)C)=C(/C)OCC(F)F. The van der Waals surface area contributed by atoms with Crippen LogP contribution in [0.2, 0.25) is 0 Å². The highest BCUT2D eigenvalue weighted by Gasteiger charge is 2.13. The standard InChI is InChI=1S/C22H34F2N2O/c1-9-11-12-19(22(25-8)16(5)15(3)4)13-20(17(6)26-10-2)18(7)27-14-21(23)24/h11-13,21,26H,6,9-10,14H2,1-5,7-8H3/b12-11-,19-13+,20-18-,25-22?. The molecule has 0 aromatic heterocycles. The van der Waals surface area contributed by atoms with E-state index in [1.165, 1.54) is 0 Å². The van der Waals surface area contributed by atoms with Gasteiger partial charge in [-0.1, -0.05) is 31.2 Å². The molecule has 3 nitrogen and oxygen atoms in total. The van der Waals surface area contributed by atoms with Crippen molar-refractivity contribution in [3.8, 4) is 0 Å². The number of nitrogens with zero attached hydrogens (tertiary/aromatic N) is 1. The van der Waals surface area contributed by atoms with E-state index in [-0.39, 0.29) is 0 Å². The van der Waals surface area contributed by atoms with Crippen molar-refractivity contribution in [2.45, 2.75) is 54.4 Å². The number of hydrogen-bond acceptors (Lipinski definition) is 3. The molecule has 152 valence electrons. The van der Waals surface area contributed by atoms with Gasteiger partial charge in [0.15, 0.2) is 0 Å². The molecule has 0 radical (unpaired) electrons. The Kier molecular flexibility index (Phi) is 12.0. The highest BCUT2D eigenvalue weighted by atomic mass is 19.3. The number of rotatable bonds is 11. The molecule has 0 fully saturated rings. The summed E-state index contributed by atoms with van der Waals surface area (Å²) in [5, 5.41) is 3.14. The average Bonchev–Trinajstić information content (AvgIpc) is 2.61. The molecule has 0 aromatic carbocycles. The van der Waals surface area contributed by atoms with E-state index < -0.39 is 13.0 Å². The molecular weight excluding hydrogens is 346 g/mol. The van der Waals surface area contributed by atoms with Crippen LogP contribution in [-0.2, 0) is 4.74 Å². The van der Waals surface area contributed by atoms with Crippen LogP contribution in [0.5, 0.6) is 0 Å². The van der Waals surface area contributed by atoms with Crippen LogP contribution in [0.4, 0.5) is 8.78 Å². The third-order valence-electron chi connectivity index (χ3n) is 3.96. The zero-order chi connectivity index (χ0) is 21.0. The zero-order valence-corrected chi connectivity index (χ0v) is 17.7. The molecular formula is C22H34F2N2O. The quantitative estimate of drug-likeness (QED) is 0.271. The molecule has 0 heterocycles. The van der Waals surface area contributed by atoms with E-state index in [9.17, 15) is 8.78 Å². The van der Waals surface area contributed by atoms with Gasteiger partial charge in [-0.15, -0.1) is 0 Å². The van der Waals surface area contributed by atoms with Crippen molar-refractivity contribution in [3.05, 3.63) is 58.6 Å². The molecule has 0 aliphatic rings. The first-order chi connectivity index (χ1) is 12.7. The van der Waals surface area contributed by atoms with E-state index in [4.69, 9.17) is 4.74 Å². The molecule has 0 rings (SSSR count). The Hall–Kier alpha value is -2.17. The van der Waals surface area contributed by atoms with Crippen molar-refractivity contribution in [1.29, 1.82) is 0 Å². The molecule has 0 amide bonds. The van der Waals surface area contributed by atoms with Crippen LogP contribution in [-0.4, -0.2) is 32.3 Å². The molecule has 0 saturated carbocycles. The summed E-state index contributed by atoms with van der Waals surface area (Å²) < 4.78 is 30.4. The van der Waals surface area contributed by atoms with Gasteiger partial charge in [-0.2, -0.15) is 0 Å². The van der Waals surface area contributed by atoms with Gasteiger partial charge < -0.3 is 10.1 Å². The number of aliphatic imine (C=N–C) groups is 1. The van der Waals surface area contributed by atoms with Gasteiger partial charge in [0.05, 0.1) is 5.71 Å². The third kappa shape index (κ3) is 8.85. The number of likely N-dealkylation sites (N-methyl/N-ethyl adjacent to an activating group) is 1. The number of halogens is 2. The van der Waals surface area contributed by atoms with Crippen molar-refractivity contribution >= 4 is 5.71 Å². The van der Waals surface area contributed by atoms with Gasteiger partial charge in [-0.3, -0.25) is 4.99 Å². The summed E-state index contributed by atoms with van der Waals surface area (Å²) in [5.74, 6) is 0.397. The number of hydrogen-bond donors (Lipinski definition) is 1. The van der Waals surface area contributed by atoms with E-state index in [1.807, 2.05) is 45.9 Å². The minimum absolute atomic E-state index is 0.397. The molecule has 5 heteroatoms. The van der Waals surface area contributed by atoms with Gasteiger partial charge in [0.1, 0.15) is 12.4 Å². The second kappa shape index (κ2) is 13.1. The zero-order valence-electron chi connectivity index (χ0n) is 17.7. The summed E-state index contributed by atoms with van der Waals surface area (Å²) in [6.07, 6.45) is 4.27. The minimum Gasteiger partial charge on any atom is -0.492 e. The summed E-state index contributed by atoms with van der Waals surface area (Å²) in [5.41, 5.74) is 5.24. The van der Waals surface area contributed by atoms with Gasteiger partial charge in [-0.05, 0) is 52.7 Å². The fourth-order valence-electron chi connectivity index (χ4n) is 2.32. The molecule has 1 N–H and O–H groups in total. The highest BCUT2D eigenvalue weighted by molar-refractivity contribution is 6.14. The Bertz CT molecular complexity index is 649. The molecule has 0 aromatic rings. The Morgan fingerprint density at radius 1 is 1.19 bits per heavy atom. The second-order valence-electron chi connectivity index (χ2n) is 6.29. The number of ether oxygens (including phenoxy) is 1. The molecule has 0 aliphatic carbocycles. The second-order valence-corrected chi connectivity index (χ2v) is 6.29. The molecule has 0 bridgehead atoms. The lowest BCUT2D eigenvalue weighted by Crippen LogP contribution is -2.15. The fraction of sp³-hybridized carbons (Fsp3) is 0.500. The number of allylic oxidation sites excluding steroid dienone is 7. The highest BCUT2D eigenvalue weighted by Crippen LogP contribution is 2.21. The van der Waals surface area contributed by atoms with Gasteiger partial charge in [0.25, 0.3) is 6.43 Å². The Morgan fingerprint density at radius 2 is 1.81 bits per heavy atom. The lowest BCUT2D eigenvalue weighted by molar-refractivity contribution is 0.0487. The normalized spacial score (nSPS) is 13.7. The van der Waals surface area contributed by atoms with E-state index in [0.29, 0.717) is 23.6 Å². The van der Waals surface area contributed by atoms with Gasteiger partial charge in [0.2, 0.25) is 0 Å². The largest absolute Gasteiger partial charge is 0.492 e. The summed E-state index contributed by atoms with van der Waals surface area (Å²) in [4.78, 5) is 4.46. The predicted octanol–water partition coefficient (Wildman–Crippen LogP) is 5.99. The fourth-order valence-corrected chi connectivity index (χ4v) is 2.32. The van der Waals surface area contributed by atoms with Crippen LogP contribution in [0.25, 0.3) is 0 Å². The lowest BCUT2D eigenvalue weighted by Gasteiger charge is -2.16. The third-order valence-corrected chi connectivity index (χ3v) is 3.96. The van der Waals surface area contributed by atoms with Crippen molar-refractivity contribution in [3.63, 3.8) is 0 Å². The van der Waals surface area contributed by atoms with Crippen molar-refractivity contribution in [1.82, 2.24) is 5.32 Å². The first kappa shape index (κ1) is 24.8. The van der Waals surface area contributed by atoms with Crippen LogP contribution >= 0.6 is 0 Å². The maximum atomic E-state index is 12.6. The van der Waals surface area contributed by atoms with E-state index >= 15 is 0 Å². The predicted molar refractivity (Wildman–Crippen MR) is 112 cm³/mol. The van der Waals surface area contributed by atoms with Crippen LogP contribution in [0.15, 0.2) is 63.5 Å². The minimum atomic E-state index is -2.53. The Balaban J connectivity index is 6.38. The number of alkyl halides is 2. The molecule has 0 unspecified atom stereocenters. The van der Waals surface area contributed by atoms with Crippen molar-refractivity contribution in [2.24, 2.45) is 4.99 Å². The van der Waals surface area contributed by atoms with Gasteiger partial charge >= 0.3 is 0 Å². The Labute approximate surface area is 163 Å². The maximum Gasteiger partial charge on any atom is 0.272 e. The summed E-state index contributed by atoms with van der Waals surface area (Å²) in [7, 11) is 1.75. The van der Waals surface area contributed by atoms with Gasteiger partial charge in [-0.25, -0.2) is 8.78 Å². The van der Waals surface area contributed by atoms with Crippen LogP contribution in [0.3, 0.4) is 0 Å². The van der Waals surface area contributed by atoms with Crippen molar-refractivity contribution in [2.75, 3.05) is 20.2 Å². The van der Waals surface area contributed by atoms with E-state index in [0.717, 1.165) is 28.9 Å². The van der Waals surface area contributed by atoms with Crippen LogP contribution < -0.4 is 5.32 Å². The lowest BCUT2D eigenvalue weighted by atomic mass is 9.96. The van der Waals surface area contributed by atoms with E-state index in [1.54, 1.807) is 14.0 Å². The van der Waals surface area contributed by atoms with Crippen LogP contribution in [0.1, 0.15) is 48.0 Å². The first-order valence-electron chi connectivity index (χ1n) is 9.24. The van der Waals surface area contributed by atoms with Crippen LogP contribution in [0, 0.1) is 0 Å². The van der Waals surface area contributed by atoms with E-state index in [2.05, 4.69) is 23.8 Å². The number of nitrogens with one attached hydrogen (secondary N) is 1. The smallest absolute Gasteiger partial charge is 0.272 e. The molecule has 27 heavy (non-hydrogen) atoms. The first-order valence-corrected chi connectivity index (χ1v) is 9.24. The summed E-state index contributed by atoms with van der Waals surface area (Å²) >= 11 is 0. The van der Waals surface area contributed by atoms with Crippen molar-refractivity contribution < 1.29 is 13.5 Å².